The molecule has 0 radical (unpaired) electrons. The van der Waals surface area contributed by atoms with Gasteiger partial charge in [0, 0.05) is 50.9 Å². The van der Waals surface area contributed by atoms with Crippen LogP contribution in [0.5, 0.6) is 0 Å². The van der Waals surface area contributed by atoms with Crippen LogP contribution in [-0.2, 0) is 4.79 Å². The number of imide groups is 3. The Morgan fingerprint density at radius 1 is 0.800 bits per heavy atom. The second-order valence-corrected chi connectivity index (χ2v) is 8.98. The highest BCUT2D eigenvalue weighted by atomic mass is 16.2. The van der Waals surface area contributed by atoms with Gasteiger partial charge in [-0.05, 0) is 55.7 Å². The predicted octanol–water partition coefficient (Wildman–Crippen LogP) is 4.99. The minimum Gasteiger partial charge on any atom is -0.399 e. The maximum absolute atomic E-state index is 13.3. The van der Waals surface area contributed by atoms with Crippen molar-refractivity contribution in [2.24, 2.45) is 0 Å². The lowest BCUT2D eigenvalue weighted by atomic mass is 9.96. The van der Waals surface area contributed by atoms with Crippen LogP contribution in [0.4, 0.5) is 11.4 Å². The van der Waals surface area contributed by atoms with Crippen molar-refractivity contribution in [3.05, 3.63) is 59.7 Å². The highest BCUT2D eigenvalue weighted by molar-refractivity contribution is 6.41. The van der Waals surface area contributed by atoms with Gasteiger partial charge < -0.3 is 21.4 Å². The van der Waals surface area contributed by atoms with Gasteiger partial charge in [0.05, 0.1) is 22.2 Å². The number of carbonyl (C=O) groups excluding carboxylic acids is 3. The summed E-state index contributed by atoms with van der Waals surface area (Å²) in [5.74, 6) is -1.88. The van der Waals surface area contributed by atoms with Crippen LogP contribution in [-0.4, -0.2) is 32.6 Å². The molecule has 1 aliphatic heterocycles. The molecule has 5 aromatic rings. The van der Waals surface area contributed by atoms with E-state index in [1.807, 2.05) is 12.1 Å². The van der Waals surface area contributed by atoms with E-state index in [4.69, 9.17) is 11.5 Å². The van der Waals surface area contributed by atoms with E-state index >= 15 is 0 Å². The lowest BCUT2D eigenvalue weighted by molar-refractivity contribution is -0.124. The van der Waals surface area contributed by atoms with E-state index in [-0.39, 0.29) is 11.1 Å². The number of hydrogen-bond donors (Lipinski definition) is 4. The molecule has 0 saturated carbocycles. The molecule has 0 bridgehead atoms. The molecule has 0 saturated heterocycles. The van der Waals surface area contributed by atoms with E-state index < -0.39 is 17.7 Å². The fourth-order valence-corrected chi connectivity index (χ4v) is 5.18. The third-order valence-corrected chi connectivity index (χ3v) is 6.70. The van der Waals surface area contributed by atoms with Gasteiger partial charge in [0.25, 0.3) is 11.8 Å². The Balaban J connectivity index is 0.000000410. The SMILES string of the molecule is C1=CCCC1.CC(=O)N1C(=O)c2c(c3c4cc(N)ccc4[nH]c3c3[nH]c4ccc(N)cc4c23)C1=O. The van der Waals surface area contributed by atoms with Crippen molar-refractivity contribution < 1.29 is 14.4 Å². The first-order valence-corrected chi connectivity index (χ1v) is 11.5. The summed E-state index contributed by atoms with van der Waals surface area (Å²) in [5.41, 5.74) is 16.3. The van der Waals surface area contributed by atoms with Crippen molar-refractivity contribution >= 4 is 72.7 Å². The number of fused-ring (bicyclic) bond motifs is 10. The fourth-order valence-electron chi connectivity index (χ4n) is 5.18. The standard InChI is InChI=1S/C22H15N5O3.C5H8/c1-8(28)27-21(29)17-15-11-6-9(23)2-4-13(11)25-19(15)20-16(18(17)22(27)30)12-7-10(24)3-5-14(12)26-20;1-2-4-5-3-1/h2-7,25-26H,23-24H2,1H3;1-2H,3-5H2. The molecular weight excluding hydrogens is 442 g/mol. The number of nitrogens with zero attached hydrogens (tertiary/aromatic N) is 1. The van der Waals surface area contributed by atoms with Crippen molar-refractivity contribution in [3.63, 3.8) is 0 Å². The highest BCUT2D eigenvalue weighted by Gasteiger charge is 2.43. The number of hydrogen-bond acceptors (Lipinski definition) is 5. The van der Waals surface area contributed by atoms with Crippen LogP contribution in [0.1, 0.15) is 46.9 Å². The Morgan fingerprint density at radius 2 is 1.26 bits per heavy atom. The molecule has 1 aliphatic carbocycles. The fraction of sp³-hybridized carbons (Fsp3) is 0.148. The topological polar surface area (TPSA) is 138 Å². The van der Waals surface area contributed by atoms with Crippen LogP contribution < -0.4 is 11.5 Å². The number of allylic oxidation sites excluding steroid dienone is 2. The van der Waals surface area contributed by atoms with Crippen molar-refractivity contribution in [2.75, 3.05) is 11.5 Å². The smallest absolute Gasteiger partial charge is 0.269 e. The number of nitrogens with two attached hydrogens (primary N) is 2. The summed E-state index contributed by atoms with van der Waals surface area (Å²) >= 11 is 0. The molecular formula is C27H23N5O3. The Kier molecular flexibility index (Phi) is 4.47. The second-order valence-electron chi connectivity index (χ2n) is 8.98. The minimum atomic E-state index is -0.629. The monoisotopic (exact) mass is 465 g/mol. The number of nitrogens with one attached hydrogen (secondary N) is 2. The van der Waals surface area contributed by atoms with Crippen molar-refractivity contribution in [3.8, 4) is 0 Å². The summed E-state index contributed by atoms with van der Waals surface area (Å²) in [5, 5.41) is 2.57. The summed E-state index contributed by atoms with van der Waals surface area (Å²) in [6.07, 6.45) is 8.50. The van der Waals surface area contributed by atoms with Crippen LogP contribution in [0.15, 0.2) is 48.6 Å². The molecule has 174 valence electrons. The highest BCUT2D eigenvalue weighted by Crippen LogP contribution is 2.44. The molecule has 0 fully saturated rings. The third-order valence-electron chi connectivity index (χ3n) is 6.70. The summed E-state index contributed by atoms with van der Waals surface area (Å²) in [6, 6.07) is 10.7. The molecule has 35 heavy (non-hydrogen) atoms. The number of nitrogen functional groups attached to an aromatic ring is 2. The van der Waals surface area contributed by atoms with Gasteiger partial charge in [-0.25, -0.2) is 4.90 Å². The van der Waals surface area contributed by atoms with E-state index in [0.29, 0.717) is 48.9 Å². The third kappa shape index (κ3) is 2.96. The zero-order valence-electron chi connectivity index (χ0n) is 19.1. The first-order chi connectivity index (χ1) is 16.9. The van der Waals surface area contributed by atoms with Gasteiger partial charge in [0.2, 0.25) is 5.91 Å². The van der Waals surface area contributed by atoms with Gasteiger partial charge in [-0.3, -0.25) is 14.4 Å². The van der Waals surface area contributed by atoms with E-state index in [9.17, 15) is 14.4 Å². The van der Waals surface area contributed by atoms with Gasteiger partial charge in [-0.15, -0.1) is 0 Å². The molecule has 0 unspecified atom stereocenters. The molecule has 7 rings (SSSR count). The van der Waals surface area contributed by atoms with E-state index in [1.165, 1.54) is 26.2 Å². The van der Waals surface area contributed by atoms with E-state index in [0.717, 1.165) is 11.0 Å². The van der Waals surface area contributed by atoms with Gasteiger partial charge in [0.1, 0.15) is 0 Å². The van der Waals surface area contributed by atoms with Crippen LogP contribution >= 0.6 is 0 Å². The molecule has 2 aromatic heterocycles. The maximum atomic E-state index is 13.3. The number of aromatic amines is 2. The summed E-state index contributed by atoms with van der Waals surface area (Å²) in [6.45, 7) is 1.20. The largest absolute Gasteiger partial charge is 0.399 e. The predicted molar refractivity (Wildman–Crippen MR) is 138 cm³/mol. The summed E-state index contributed by atoms with van der Waals surface area (Å²) in [4.78, 5) is 46.1. The number of amides is 3. The molecule has 0 spiro atoms. The quantitative estimate of drug-likeness (QED) is 0.145. The van der Waals surface area contributed by atoms with Crippen molar-refractivity contribution in [1.29, 1.82) is 0 Å². The van der Waals surface area contributed by atoms with Gasteiger partial charge in [-0.1, -0.05) is 12.2 Å². The molecule has 8 nitrogen and oxygen atoms in total. The molecule has 8 heteroatoms. The average molecular weight is 466 g/mol. The number of H-pyrrole nitrogens is 2. The number of aromatic nitrogens is 2. The molecule has 3 heterocycles. The van der Waals surface area contributed by atoms with Crippen LogP contribution in [0.25, 0.3) is 43.6 Å². The lowest BCUT2D eigenvalue weighted by Crippen LogP contribution is -2.34. The van der Waals surface area contributed by atoms with E-state index in [2.05, 4.69) is 22.1 Å². The number of benzene rings is 3. The first kappa shape index (κ1) is 21.0. The molecule has 2 aliphatic rings. The normalized spacial score (nSPS) is 14.9. The van der Waals surface area contributed by atoms with Crippen LogP contribution in [0.2, 0.25) is 0 Å². The zero-order valence-corrected chi connectivity index (χ0v) is 19.1. The molecule has 0 atom stereocenters. The van der Waals surface area contributed by atoms with Crippen LogP contribution in [0.3, 0.4) is 0 Å². The summed E-state index contributed by atoms with van der Waals surface area (Å²) in [7, 11) is 0. The molecule has 3 amide bonds. The minimum absolute atomic E-state index is 0.206. The Morgan fingerprint density at radius 3 is 1.63 bits per heavy atom. The Labute approximate surface area is 199 Å². The lowest BCUT2D eigenvalue weighted by Gasteiger charge is -2.07. The first-order valence-electron chi connectivity index (χ1n) is 11.5. The van der Waals surface area contributed by atoms with Gasteiger partial charge >= 0.3 is 0 Å². The Hall–Kier alpha value is -4.59. The Bertz CT molecular complexity index is 1650. The second kappa shape index (κ2) is 7.46. The number of rotatable bonds is 0. The number of carbonyl (C=O) groups is 3. The van der Waals surface area contributed by atoms with Gasteiger partial charge in [0.15, 0.2) is 0 Å². The van der Waals surface area contributed by atoms with Crippen LogP contribution in [0, 0.1) is 0 Å². The number of anilines is 2. The zero-order chi connectivity index (χ0) is 24.4. The molecule has 3 aromatic carbocycles. The van der Waals surface area contributed by atoms with E-state index in [1.54, 1.807) is 24.3 Å². The average Bonchev–Trinajstić information content (AvgIpc) is 3.60. The maximum Gasteiger partial charge on any atom is 0.269 e. The van der Waals surface area contributed by atoms with Gasteiger partial charge in [-0.2, -0.15) is 0 Å². The van der Waals surface area contributed by atoms with Crippen molar-refractivity contribution in [1.82, 2.24) is 14.9 Å². The van der Waals surface area contributed by atoms with Crippen molar-refractivity contribution in [2.45, 2.75) is 26.2 Å². The summed E-state index contributed by atoms with van der Waals surface area (Å²) < 4.78 is 0. The molecule has 6 N–H and O–H groups in total.